The summed E-state index contributed by atoms with van der Waals surface area (Å²) < 4.78 is 0. The topological polar surface area (TPSA) is 57.5 Å². The Morgan fingerprint density at radius 3 is 2.50 bits per heavy atom. The van der Waals surface area contributed by atoms with Crippen LogP contribution in [-0.4, -0.2) is 22.1 Å². The van der Waals surface area contributed by atoms with Crippen molar-refractivity contribution in [2.45, 2.75) is 12.5 Å². The normalized spacial score (nSPS) is 28.4. The zero-order chi connectivity index (χ0) is 6.15. The first-order chi connectivity index (χ1) is 3.72. The van der Waals surface area contributed by atoms with Crippen LogP contribution in [0.15, 0.2) is 11.8 Å². The number of aliphatic hydroxyl groups excluding tert-OH is 2. The highest BCUT2D eigenvalue weighted by molar-refractivity contribution is 5.98. The molecule has 0 aromatic rings. The third-order valence-corrected chi connectivity index (χ3v) is 1.09. The Morgan fingerprint density at radius 1 is 1.75 bits per heavy atom. The largest absolute Gasteiger partial charge is 0.505 e. The van der Waals surface area contributed by atoms with E-state index in [1.54, 1.807) is 0 Å². The fourth-order valence-electron chi connectivity index (χ4n) is 0.602. The summed E-state index contributed by atoms with van der Waals surface area (Å²) >= 11 is 0. The molecule has 0 heterocycles. The number of hydrogen-bond donors (Lipinski definition) is 2. The second kappa shape index (κ2) is 1.59. The molecule has 1 unspecified atom stereocenters. The summed E-state index contributed by atoms with van der Waals surface area (Å²) in [6.45, 7) is 0. The Kier molecular flexibility index (Phi) is 1.06. The van der Waals surface area contributed by atoms with E-state index in [4.69, 9.17) is 10.2 Å². The van der Waals surface area contributed by atoms with E-state index in [9.17, 15) is 4.79 Å². The van der Waals surface area contributed by atoms with Crippen molar-refractivity contribution < 1.29 is 15.0 Å². The summed E-state index contributed by atoms with van der Waals surface area (Å²) in [4.78, 5) is 10.3. The maximum absolute atomic E-state index is 10.3. The van der Waals surface area contributed by atoms with Crippen LogP contribution < -0.4 is 0 Å². The number of carbonyl (C=O) groups excluding carboxylic acids is 1. The molecule has 0 spiro atoms. The molecule has 0 aromatic carbocycles. The zero-order valence-electron chi connectivity index (χ0n) is 4.16. The molecule has 0 amide bonds. The number of hydrogen-bond acceptors (Lipinski definition) is 3. The van der Waals surface area contributed by atoms with Gasteiger partial charge in [-0.2, -0.15) is 0 Å². The van der Waals surface area contributed by atoms with E-state index in [0.717, 1.165) is 0 Å². The average molecular weight is 114 g/mol. The van der Waals surface area contributed by atoms with Crippen LogP contribution in [0.4, 0.5) is 0 Å². The van der Waals surface area contributed by atoms with Crippen molar-refractivity contribution in [3.63, 3.8) is 0 Å². The number of aliphatic hydroxyl groups is 2. The van der Waals surface area contributed by atoms with Crippen molar-refractivity contribution in [1.29, 1.82) is 0 Å². The van der Waals surface area contributed by atoms with Gasteiger partial charge in [-0.05, 0) is 6.08 Å². The lowest BCUT2D eigenvalue weighted by molar-refractivity contribution is -0.124. The molecule has 0 saturated carbocycles. The second-order valence-corrected chi connectivity index (χ2v) is 1.71. The smallest absolute Gasteiger partial charge is 0.225 e. The van der Waals surface area contributed by atoms with Crippen LogP contribution in [0, 0.1) is 0 Å². The summed E-state index contributed by atoms with van der Waals surface area (Å²) in [5, 5.41) is 17.1. The van der Waals surface area contributed by atoms with Gasteiger partial charge in [-0.25, -0.2) is 0 Å². The van der Waals surface area contributed by atoms with Gasteiger partial charge in [0.1, 0.15) is 6.10 Å². The summed E-state index contributed by atoms with van der Waals surface area (Å²) in [7, 11) is 0. The Morgan fingerprint density at radius 2 is 2.38 bits per heavy atom. The van der Waals surface area contributed by atoms with Crippen LogP contribution in [0.3, 0.4) is 0 Å². The van der Waals surface area contributed by atoms with Gasteiger partial charge >= 0.3 is 0 Å². The number of Topliss-reactive ketones (excluding diaryl/α,β-unsaturated/α-hetero) is 1. The standard InChI is InChI=1S/C5H6O3/c6-3-1-2-4(7)5(3)8/h1,4,6-7H,2H2. The zero-order valence-corrected chi connectivity index (χ0v) is 4.16. The highest BCUT2D eigenvalue weighted by Gasteiger charge is 2.23. The summed E-state index contributed by atoms with van der Waals surface area (Å²) in [5.74, 6) is -0.873. The lowest BCUT2D eigenvalue weighted by Gasteiger charge is -1.93. The minimum Gasteiger partial charge on any atom is -0.505 e. The van der Waals surface area contributed by atoms with Crippen molar-refractivity contribution in [3.05, 3.63) is 11.8 Å². The number of rotatable bonds is 0. The van der Waals surface area contributed by atoms with Crippen LogP contribution in [0.25, 0.3) is 0 Å². The van der Waals surface area contributed by atoms with E-state index in [-0.39, 0.29) is 12.2 Å². The van der Waals surface area contributed by atoms with Gasteiger partial charge in [-0.1, -0.05) is 0 Å². The molecule has 3 nitrogen and oxygen atoms in total. The molecule has 0 bridgehead atoms. The minimum atomic E-state index is -0.991. The van der Waals surface area contributed by atoms with Gasteiger partial charge in [0, 0.05) is 6.42 Å². The van der Waals surface area contributed by atoms with Crippen molar-refractivity contribution in [2.75, 3.05) is 0 Å². The van der Waals surface area contributed by atoms with Crippen LogP contribution >= 0.6 is 0 Å². The lowest BCUT2D eigenvalue weighted by Crippen LogP contribution is -2.14. The molecule has 1 aliphatic rings. The van der Waals surface area contributed by atoms with Crippen LogP contribution in [0.5, 0.6) is 0 Å². The van der Waals surface area contributed by atoms with Gasteiger partial charge in [0.2, 0.25) is 5.78 Å². The summed E-state index contributed by atoms with van der Waals surface area (Å²) in [6, 6.07) is 0. The Bertz CT molecular complexity index is 148. The highest BCUT2D eigenvalue weighted by atomic mass is 16.3. The maximum Gasteiger partial charge on any atom is 0.225 e. The predicted octanol–water partition coefficient (Wildman–Crippen LogP) is -0.238. The lowest BCUT2D eigenvalue weighted by atomic mass is 10.3. The molecule has 2 N–H and O–H groups in total. The molecule has 0 aliphatic heterocycles. The quantitative estimate of drug-likeness (QED) is 0.457. The molecule has 1 rings (SSSR count). The number of ketones is 1. The predicted molar refractivity (Wildman–Crippen MR) is 26.3 cm³/mol. The van der Waals surface area contributed by atoms with E-state index in [0.29, 0.717) is 0 Å². The van der Waals surface area contributed by atoms with Gasteiger partial charge in [0.05, 0.1) is 0 Å². The van der Waals surface area contributed by atoms with Crippen molar-refractivity contribution in [2.24, 2.45) is 0 Å². The van der Waals surface area contributed by atoms with Crippen molar-refractivity contribution in [3.8, 4) is 0 Å². The molecule has 0 fully saturated rings. The molecule has 1 atom stereocenters. The third-order valence-electron chi connectivity index (χ3n) is 1.09. The van der Waals surface area contributed by atoms with Gasteiger partial charge in [0.25, 0.3) is 0 Å². The van der Waals surface area contributed by atoms with Gasteiger partial charge in [-0.15, -0.1) is 0 Å². The highest BCUT2D eigenvalue weighted by Crippen LogP contribution is 2.10. The summed E-state index contributed by atoms with van der Waals surface area (Å²) in [5.41, 5.74) is 0. The van der Waals surface area contributed by atoms with Gasteiger partial charge < -0.3 is 10.2 Å². The van der Waals surface area contributed by atoms with E-state index in [1.807, 2.05) is 0 Å². The molecule has 1 aliphatic carbocycles. The first-order valence-corrected chi connectivity index (χ1v) is 2.33. The monoisotopic (exact) mass is 114 g/mol. The van der Waals surface area contributed by atoms with Crippen LogP contribution in [0.1, 0.15) is 6.42 Å². The molecular weight excluding hydrogens is 108 g/mol. The maximum atomic E-state index is 10.3. The Labute approximate surface area is 46.3 Å². The van der Waals surface area contributed by atoms with E-state index >= 15 is 0 Å². The molecule has 0 radical (unpaired) electrons. The van der Waals surface area contributed by atoms with E-state index in [2.05, 4.69) is 0 Å². The van der Waals surface area contributed by atoms with Crippen molar-refractivity contribution in [1.82, 2.24) is 0 Å². The molecule has 0 saturated heterocycles. The van der Waals surface area contributed by atoms with E-state index in [1.165, 1.54) is 6.08 Å². The SMILES string of the molecule is O=C1C(O)=CCC1O. The molecule has 3 heteroatoms. The number of carbonyl (C=O) groups is 1. The first-order valence-electron chi connectivity index (χ1n) is 2.33. The first kappa shape index (κ1) is 5.31. The van der Waals surface area contributed by atoms with Crippen molar-refractivity contribution >= 4 is 5.78 Å². The van der Waals surface area contributed by atoms with E-state index < -0.39 is 11.9 Å². The fourth-order valence-corrected chi connectivity index (χ4v) is 0.602. The average Bonchev–Trinajstić information content (AvgIpc) is 1.98. The van der Waals surface area contributed by atoms with Crippen LogP contribution in [0.2, 0.25) is 0 Å². The summed E-state index contributed by atoms with van der Waals surface area (Å²) in [6.07, 6.45) is 0.576. The second-order valence-electron chi connectivity index (χ2n) is 1.71. The molecule has 44 valence electrons. The fraction of sp³-hybridized carbons (Fsp3) is 0.400. The van der Waals surface area contributed by atoms with Crippen LogP contribution in [-0.2, 0) is 4.79 Å². The molecule has 8 heavy (non-hydrogen) atoms. The third kappa shape index (κ3) is 0.607. The Balaban J connectivity index is 2.73. The molecule has 0 aromatic heterocycles. The minimum absolute atomic E-state index is 0.255. The Hall–Kier alpha value is -0.830. The molecular formula is C5H6O3. The van der Waals surface area contributed by atoms with Gasteiger partial charge in [0.15, 0.2) is 5.76 Å². The van der Waals surface area contributed by atoms with Gasteiger partial charge in [-0.3, -0.25) is 4.79 Å².